The van der Waals surface area contributed by atoms with E-state index in [9.17, 15) is 4.79 Å². The predicted octanol–water partition coefficient (Wildman–Crippen LogP) is 1.55. The number of aromatic nitrogens is 1. The Morgan fingerprint density at radius 3 is 2.76 bits per heavy atom. The van der Waals surface area contributed by atoms with Crippen LogP contribution in [0, 0.1) is 23.2 Å². The highest BCUT2D eigenvalue weighted by Gasteiger charge is 2.13. The van der Waals surface area contributed by atoms with E-state index in [1.165, 1.54) is 6.20 Å². The number of nitrogens with zero attached hydrogens (tertiary/aromatic N) is 2. The fourth-order valence-electron chi connectivity index (χ4n) is 1.69. The minimum absolute atomic E-state index is 0.145. The average molecular weight is 277 g/mol. The van der Waals surface area contributed by atoms with Crippen LogP contribution in [-0.4, -0.2) is 22.6 Å². The minimum atomic E-state index is -0.458. The van der Waals surface area contributed by atoms with E-state index < -0.39 is 5.91 Å². The van der Waals surface area contributed by atoms with Crippen LogP contribution in [0.3, 0.4) is 0 Å². The van der Waals surface area contributed by atoms with Crippen molar-refractivity contribution in [3.05, 3.63) is 59.4 Å². The molecule has 0 aliphatic rings. The summed E-state index contributed by atoms with van der Waals surface area (Å²) in [5, 5.41) is 20.4. The molecule has 0 aliphatic heterocycles. The second-order valence-corrected chi connectivity index (χ2v) is 3.97. The molecule has 1 aromatic heterocycles. The molecule has 2 aromatic rings. The molecule has 0 radical (unpaired) electrons. The molecule has 2 rings (SSSR count). The van der Waals surface area contributed by atoms with Gasteiger partial charge in [0.05, 0.1) is 16.8 Å². The zero-order valence-electron chi connectivity index (χ0n) is 11.0. The molecule has 21 heavy (non-hydrogen) atoms. The average Bonchev–Trinajstić information content (AvgIpc) is 2.53. The first-order chi connectivity index (χ1) is 10.3. The van der Waals surface area contributed by atoms with Crippen LogP contribution in [0.2, 0.25) is 0 Å². The van der Waals surface area contributed by atoms with Crippen molar-refractivity contribution in [1.29, 1.82) is 5.26 Å². The molecule has 0 fully saturated rings. The van der Waals surface area contributed by atoms with Crippen LogP contribution in [0.25, 0.3) is 0 Å². The first-order valence-corrected chi connectivity index (χ1v) is 6.11. The molecule has 1 amide bonds. The highest BCUT2D eigenvalue weighted by atomic mass is 16.2. The molecule has 0 saturated carbocycles. The smallest absolute Gasteiger partial charge is 0.275 e. The van der Waals surface area contributed by atoms with Crippen molar-refractivity contribution >= 4 is 11.6 Å². The summed E-state index contributed by atoms with van der Waals surface area (Å²) in [6.45, 7) is -0.298. The van der Waals surface area contributed by atoms with Crippen molar-refractivity contribution in [3.8, 4) is 17.9 Å². The molecule has 5 heteroatoms. The predicted molar refractivity (Wildman–Crippen MR) is 77.3 cm³/mol. The van der Waals surface area contributed by atoms with Gasteiger partial charge in [-0.3, -0.25) is 4.79 Å². The van der Waals surface area contributed by atoms with Gasteiger partial charge in [0.25, 0.3) is 5.91 Å². The maximum absolute atomic E-state index is 12.3. The Kier molecular flexibility index (Phi) is 4.66. The Bertz CT molecular complexity index is 767. The maximum atomic E-state index is 12.3. The summed E-state index contributed by atoms with van der Waals surface area (Å²) >= 11 is 0. The molecule has 0 saturated heterocycles. The lowest BCUT2D eigenvalue weighted by Crippen LogP contribution is -2.16. The highest BCUT2D eigenvalue weighted by molar-refractivity contribution is 6.05. The summed E-state index contributed by atoms with van der Waals surface area (Å²) < 4.78 is 0. The number of anilines is 1. The van der Waals surface area contributed by atoms with Gasteiger partial charge in [-0.2, -0.15) is 5.26 Å². The van der Waals surface area contributed by atoms with Gasteiger partial charge in [-0.05, 0) is 24.3 Å². The fourth-order valence-corrected chi connectivity index (χ4v) is 1.69. The van der Waals surface area contributed by atoms with E-state index in [1.807, 2.05) is 6.07 Å². The molecule has 5 nitrogen and oxygen atoms in total. The number of carbonyl (C=O) groups is 1. The quantitative estimate of drug-likeness (QED) is 0.815. The second kappa shape index (κ2) is 6.85. The van der Waals surface area contributed by atoms with E-state index >= 15 is 0 Å². The number of hydrogen-bond acceptors (Lipinski definition) is 4. The molecular formula is C16H11N3O2. The van der Waals surface area contributed by atoms with Crippen molar-refractivity contribution in [2.45, 2.75) is 0 Å². The minimum Gasteiger partial charge on any atom is -0.384 e. The number of para-hydroxylation sites is 1. The van der Waals surface area contributed by atoms with Gasteiger partial charge in [0, 0.05) is 6.20 Å². The number of aliphatic hydroxyl groups is 1. The van der Waals surface area contributed by atoms with E-state index in [0.29, 0.717) is 16.8 Å². The van der Waals surface area contributed by atoms with Gasteiger partial charge >= 0.3 is 0 Å². The number of pyridine rings is 1. The van der Waals surface area contributed by atoms with Crippen LogP contribution in [0.5, 0.6) is 0 Å². The Morgan fingerprint density at radius 2 is 2.00 bits per heavy atom. The fraction of sp³-hybridized carbons (Fsp3) is 0.0625. The summed E-state index contributed by atoms with van der Waals surface area (Å²) in [6, 6.07) is 12.0. The molecule has 102 valence electrons. The first-order valence-electron chi connectivity index (χ1n) is 6.11. The summed E-state index contributed by atoms with van der Waals surface area (Å²) in [6.07, 6.45) is 1.48. The van der Waals surface area contributed by atoms with Crippen molar-refractivity contribution in [2.24, 2.45) is 0 Å². The highest BCUT2D eigenvalue weighted by Crippen LogP contribution is 2.15. The molecule has 0 unspecified atom stereocenters. The van der Waals surface area contributed by atoms with Gasteiger partial charge in [0.1, 0.15) is 18.4 Å². The van der Waals surface area contributed by atoms with E-state index in [0.717, 1.165) is 0 Å². The Morgan fingerprint density at radius 1 is 1.24 bits per heavy atom. The third-order valence-electron chi connectivity index (χ3n) is 2.62. The van der Waals surface area contributed by atoms with Gasteiger partial charge in [0.2, 0.25) is 0 Å². The SMILES string of the molecule is N#Cc1ccccc1NC(=O)c1ncccc1C#CCO. The molecule has 1 heterocycles. The van der Waals surface area contributed by atoms with Crippen LogP contribution in [0.1, 0.15) is 21.6 Å². The summed E-state index contributed by atoms with van der Waals surface area (Å²) in [4.78, 5) is 16.3. The lowest BCUT2D eigenvalue weighted by atomic mass is 10.1. The van der Waals surface area contributed by atoms with Crippen LogP contribution in [-0.2, 0) is 0 Å². The number of aliphatic hydroxyl groups excluding tert-OH is 1. The Balaban J connectivity index is 2.31. The number of rotatable bonds is 2. The van der Waals surface area contributed by atoms with Crippen LogP contribution >= 0.6 is 0 Å². The molecule has 0 spiro atoms. The van der Waals surface area contributed by atoms with Crippen LogP contribution in [0.4, 0.5) is 5.69 Å². The first kappa shape index (κ1) is 14.3. The normalized spacial score (nSPS) is 9.14. The van der Waals surface area contributed by atoms with Gasteiger partial charge in [-0.1, -0.05) is 24.0 Å². The molecule has 0 aliphatic carbocycles. The zero-order chi connectivity index (χ0) is 15.1. The van der Waals surface area contributed by atoms with Crippen molar-refractivity contribution in [2.75, 3.05) is 11.9 Å². The third kappa shape index (κ3) is 3.44. The molecule has 2 N–H and O–H groups in total. The Labute approximate surface area is 121 Å². The van der Waals surface area contributed by atoms with Gasteiger partial charge in [-0.15, -0.1) is 0 Å². The lowest BCUT2D eigenvalue weighted by molar-refractivity contribution is 0.102. The number of nitriles is 1. The van der Waals surface area contributed by atoms with Gasteiger partial charge in [-0.25, -0.2) is 4.98 Å². The molecular weight excluding hydrogens is 266 g/mol. The van der Waals surface area contributed by atoms with E-state index in [4.69, 9.17) is 10.4 Å². The topological polar surface area (TPSA) is 86.0 Å². The van der Waals surface area contributed by atoms with Crippen molar-refractivity contribution in [3.63, 3.8) is 0 Å². The summed E-state index contributed by atoms with van der Waals surface area (Å²) in [5.74, 6) is 4.69. The summed E-state index contributed by atoms with van der Waals surface area (Å²) in [5.41, 5.74) is 1.34. The standard InChI is InChI=1S/C16H11N3O2/c17-11-13-5-1-2-8-14(13)19-16(21)15-12(7-4-10-20)6-3-9-18-15/h1-3,5-6,8-9,20H,10H2,(H,19,21). The number of carbonyl (C=O) groups excluding carboxylic acids is 1. The van der Waals surface area contributed by atoms with E-state index in [-0.39, 0.29) is 12.3 Å². The zero-order valence-corrected chi connectivity index (χ0v) is 11.0. The van der Waals surface area contributed by atoms with E-state index in [2.05, 4.69) is 22.1 Å². The molecule has 1 aromatic carbocycles. The van der Waals surface area contributed by atoms with Crippen LogP contribution < -0.4 is 5.32 Å². The molecule has 0 atom stereocenters. The maximum Gasteiger partial charge on any atom is 0.275 e. The lowest BCUT2D eigenvalue weighted by Gasteiger charge is -2.07. The summed E-state index contributed by atoms with van der Waals surface area (Å²) in [7, 11) is 0. The second-order valence-electron chi connectivity index (χ2n) is 3.97. The van der Waals surface area contributed by atoms with E-state index in [1.54, 1.807) is 36.4 Å². The van der Waals surface area contributed by atoms with Crippen LogP contribution in [0.15, 0.2) is 42.6 Å². The Hall–Kier alpha value is -3.15. The number of hydrogen-bond donors (Lipinski definition) is 2. The van der Waals surface area contributed by atoms with Crippen molar-refractivity contribution in [1.82, 2.24) is 4.98 Å². The van der Waals surface area contributed by atoms with Gasteiger partial charge in [0.15, 0.2) is 0 Å². The third-order valence-corrected chi connectivity index (χ3v) is 2.62. The van der Waals surface area contributed by atoms with Gasteiger partial charge < -0.3 is 10.4 Å². The largest absolute Gasteiger partial charge is 0.384 e. The number of amides is 1. The van der Waals surface area contributed by atoms with Crippen molar-refractivity contribution < 1.29 is 9.90 Å². The number of benzene rings is 1. The monoisotopic (exact) mass is 277 g/mol. The molecule has 0 bridgehead atoms. The number of nitrogens with one attached hydrogen (secondary N) is 1.